The number of anilines is 2. The molecule has 38 heavy (non-hydrogen) atoms. The predicted molar refractivity (Wildman–Crippen MR) is 143 cm³/mol. The fourth-order valence-electron chi connectivity index (χ4n) is 4.80. The highest BCUT2D eigenvalue weighted by Crippen LogP contribution is 2.48. The van der Waals surface area contributed by atoms with E-state index in [9.17, 15) is 4.91 Å². The second-order valence-corrected chi connectivity index (χ2v) is 9.62. The van der Waals surface area contributed by atoms with Crippen molar-refractivity contribution in [2.75, 3.05) is 25.5 Å². The van der Waals surface area contributed by atoms with E-state index < -0.39 is 0 Å². The van der Waals surface area contributed by atoms with E-state index in [0.29, 0.717) is 73.7 Å². The number of piperidine rings is 1. The van der Waals surface area contributed by atoms with Gasteiger partial charge in [0.1, 0.15) is 30.1 Å². The van der Waals surface area contributed by atoms with Crippen molar-refractivity contribution in [3.8, 4) is 17.6 Å². The molecule has 3 heterocycles. The first-order valence-electron chi connectivity index (χ1n) is 12.2. The number of hydrogen-bond donors (Lipinski definition) is 2. The van der Waals surface area contributed by atoms with Gasteiger partial charge >= 0.3 is 5.69 Å². The molecule has 2 atom stereocenters. The molecule has 0 amide bonds. The molecule has 4 aromatic rings. The average Bonchev–Trinajstić information content (AvgIpc) is 3.36. The zero-order valence-corrected chi connectivity index (χ0v) is 21.3. The summed E-state index contributed by atoms with van der Waals surface area (Å²) < 4.78 is 5.82. The molecule has 10 heteroatoms. The van der Waals surface area contributed by atoms with Gasteiger partial charge < -0.3 is 15.4 Å². The van der Waals surface area contributed by atoms with Crippen molar-refractivity contribution in [1.29, 1.82) is 0 Å². The van der Waals surface area contributed by atoms with Gasteiger partial charge in [-0.3, -0.25) is 4.98 Å². The molecule has 1 aliphatic heterocycles. The van der Waals surface area contributed by atoms with Crippen LogP contribution >= 0.6 is 11.6 Å². The number of hydrogen-bond acceptors (Lipinski definition) is 8. The van der Waals surface area contributed by atoms with Crippen molar-refractivity contribution >= 4 is 39.7 Å². The minimum absolute atomic E-state index is 0.297. The SMILES string of the molecule is CO[N+](=O)c1cc2c(Nc3ccc(OCc4ccccn4)c(Cl)c3)ncnc2cc1C#CC1C2CNCC12. The quantitative estimate of drug-likeness (QED) is 0.261. The third kappa shape index (κ3) is 4.84. The lowest BCUT2D eigenvalue weighted by atomic mass is 10.1. The van der Waals surface area contributed by atoms with Gasteiger partial charge in [0.15, 0.2) is 7.11 Å². The lowest BCUT2D eigenvalue weighted by Gasteiger charge is -2.12. The van der Waals surface area contributed by atoms with Crippen LogP contribution in [0.15, 0.2) is 61.1 Å². The number of fused-ring (bicyclic) bond motifs is 2. The zero-order chi connectivity index (χ0) is 26.1. The Morgan fingerprint density at radius 3 is 2.76 bits per heavy atom. The first-order chi connectivity index (χ1) is 18.6. The summed E-state index contributed by atoms with van der Waals surface area (Å²) in [5.74, 6) is 9.18. The summed E-state index contributed by atoms with van der Waals surface area (Å²) in [5.41, 5.74) is 3.02. The Hall–Kier alpha value is -4.26. The van der Waals surface area contributed by atoms with Crippen LogP contribution in [0.2, 0.25) is 5.02 Å². The number of nitrogens with zero attached hydrogens (tertiary/aromatic N) is 4. The summed E-state index contributed by atoms with van der Waals surface area (Å²) in [7, 11) is 1.32. The van der Waals surface area contributed by atoms with Crippen molar-refractivity contribution in [3.63, 3.8) is 0 Å². The molecule has 1 saturated heterocycles. The zero-order valence-electron chi connectivity index (χ0n) is 20.5. The number of nitrogens with one attached hydrogen (secondary N) is 2. The van der Waals surface area contributed by atoms with Crippen LogP contribution in [0.4, 0.5) is 17.2 Å². The molecule has 6 rings (SSSR count). The second-order valence-electron chi connectivity index (χ2n) is 9.21. The number of rotatable bonds is 7. The van der Waals surface area contributed by atoms with Crippen LogP contribution < -0.4 is 15.4 Å². The van der Waals surface area contributed by atoms with E-state index in [0.717, 1.165) is 18.8 Å². The van der Waals surface area contributed by atoms with Gasteiger partial charge in [0.2, 0.25) is 0 Å². The van der Waals surface area contributed by atoms with Crippen LogP contribution in [0.1, 0.15) is 11.3 Å². The standard InChI is InChI=1S/C28H24ClN6O3/c1-37-35(36)26-12-21-25(10-17(26)5-7-20-22-13-30-14-23(20)22)32-16-33-28(21)34-18-6-8-27(24(29)11-18)38-15-19-4-2-3-9-31-19/h2-4,6,8-12,16,20,22-23,30H,13-15H2,1H3,(H,32,33,34)/q+1. The lowest BCUT2D eigenvalue weighted by Crippen LogP contribution is -2.13. The van der Waals surface area contributed by atoms with Gasteiger partial charge in [-0.2, -0.15) is 0 Å². The highest BCUT2D eigenvalue weighted by molar-refractivity contribution is 6.32. The monoisotopic (exact) mass is 527 g/mol. The number of benzene rings is 2. The molecular weight excluding hydrogens is 504 g/mol. The van der Waals surface area contributed by atoms with Gasteiger partial charge in [0.05, 0.1) is 26.5 Å². The third-order valence-electron chi connectivity index (χ3n) is 6.88. The highest BCUT2D eigenvalue weighted by atomic mass is 35.5. The molecule has 2 aromatic carbocycles. The topological polar surface area (TPSA) is 101 Å². The molecule has 2 fully saturated rings. The number of pyridine rings is 1. The van der Waals surface area contributed by atoms with E-state index >= 15 is 0 Å². The Labute approximate surface area is 224 Å². The Morgan fingerprint density at radius 1 is 1.13 bits per heavy atom. The number of ether oxygens (including phenoxy) is 1. The molecule has 2 N–H and O–H groups in total. The molecule has 0 bridgehead atoms. The fourth-order valence-corrected chi connectivity index (χ4v) is 5.04. The van der Waals surface area contributed by atoms with E-state index in [1.165, 1.54) is 13.4 Å². The van der Waals surface area contributed by atoms with Gasteiger partial charge in [-0.05, 0) is 61.3 Å². The van der Waals surface area contributed by atoms with Crippen LogP contribution in [0.5, 0.6) is 5.75 Å². The normalized spacial score (nSPS) is 19.3. The summed E-state index contributed by atoms with van der Waals surface area (Å²) in [5, 5.41) is 7.72. The third-order valence-corrected chi connectivity index (χ3v) is 7.17. The van der Waals surface area contributed by atoms with Gasteiger partial charge in [0, 0.05) is 23.9 Å². The Kier molecular flexibility index (Phi) is 6.50. The number of aromatic nitrogens is 3. The molecule has 0 spiro atoms. The summed E-state index contributed by atoms with van der Waals surface area (Å²) in [6.07, 6.45) is 3.18. The maximum absolute atomic E-state index is 12.6. The molecule has 0 radical (unpaired) electrons. The minimum atomic E-state index is 0.297. The van der Waals surface area contributed by atoms with E-state index in [4.69, 9.17) is 21.2 Å². The van der Waals surface area contributed by atoms with Crippen LogP contribution in [0, 0.1) is 34.5 Å². The van der Waals surface area contributed by atoms with E-state index in [1.54, 1.807) is 30.5 Å². The predicted octanol–water partition coefficient (Wildman–Crippen LogP) is 4.79. The van der Waals surface area contributed by atoms with Crippen molar-refractivity contribution in [3.05, 3.63) is 82.2 Å². The van der Waals surface area contributed by atoms with Gasteiger partial charge in [0.25, 0.3) is 4.92 Å². The maximum Gasteiger partial charge on any atom is 0.333 e. The number of halogens is 1. The molecular formula is C28H24ClN6O3+. The first kappa shape index (κ1) is 24.1. The summed E-state index contributed by atoms with van der Waals surface area (Å²) in [6, 6.07) is 14.5. The van der Waals surface area contributed by atoms with Gasteiger partial charge in [-0.25, -0.2) is 14.8 Å². The fraction of sp³-hybridized carbons (Fsp3) is 0.250. The summed E-state index contributed by atoms with van der Waals surface area (Å²) >= 11 is 6.49. The lowest BCUT2D eigenvalue weighted by molar-refractivity contribution is -0.736. The Bertz CT molecular complexity index is 1580. The van der Waals surface area contributed by atoms with Crippen LogP contribution in [0.25, 0.3) is 10.9 Å². The van der Waals surface area contributed by atoms with Crippen molar-refractivity contribution in [2.45, 2.75) is 6.61 Å². The largest absolute Gasteiger partial charge is 0.486 e. The van der Waals surface area contributed by atoms with Gasteiger partial charge in [-0.1, -0.05) is 29.5 Å². The molecule has 9 nitrogen and oxygen atoms in total. The minimum Gasteiger partial charge on any atom is -0.486 e. The average molecular weight is 528 g/mol. The highest BCUT2D eigenvalue weighted by Gasteiger charge is 2.52. The van der Waals surface area contributed by atoms with Crippen LogP contribution in [0.3, 0.4) is 0 Å². The molecule has 2 unspecified atom stereocenters. The smallest absolute Gasteiger partial charge is 0.333 e. The van der Waals surface area contributed by atoms with E-state index in [-0.39, 0.29) is 0 Å². The van der Waals surface area contributed by atoms with Crippen molar-refractivity contribution < 1.29 is 14.5 Å². The van der Waals surface area contributed by atoms with Crippen LogP contribution in [-0.4, -0.2) is 40.1 Å². The summed E-state index contributed by atoms with van der Waals surface area (Å²) in [4.78, 5) is 31.1. The molecule has 190 valence electrons. The van der Waals surface area contributed by atoms with E-state index in [1.807, 2.05) is 24.3 Å². The first-order valence-corrected chi connectivity index (χ1v) is 12.6. The molecule has 2 aromatic heterocycles. The summed E-state index contributed by atoms with van der Waals surface area (Å²) in [6.45, 7) is 2.32. The maximum atomic E-state index is 12.6. The Balaban J connectivity index is 1.26. The second kappa shape index (κ2) is 10.2. The van der Waals surface area contributed by atoms with Crippen molar-refractivity contribution in [1.82, 2.24) is 20.3 Å². The molecule has 1 aliphatic carbocycles. The van der Waals surface area contributed by atoms with Gasteiger partial charge in [-0.15, -0.1) is 0 Å². The Morgan fingerprint density at radius 2 is 2.00 bits per heavy atom. The molecule has 1 saturated carbocycles. The molecule has 2 aliphatic rings. The van der Waals surface area contributed by atoms with Crippen LogP contribution in [-0.2, 0) is 11.4 Å². The van der Waals surface area contributed by atoms with E-state index in [2.05, 4.69) is 37.4 Å². The van der Waals surface area contributed by atoms with Crippen molar-refractivity contribution in [2.24, 2.45) is 17.8 Å².